The van der Waals surface area contributed by atoms with Crippen molar-refractivity contribution in [1.82, 2.24) is 15.3 Å². The van der Waals surface area contributed by atoms with Crippen LogP contribution in [-0.4, -0.2) is 36.1 Å². The van der Waals surface area contributed by atoms with Gasteiger partial charge in [0.1, 0.15) is 18.0 Å². The van der Waals surface area contributed by atoms with Crippen molar-refractivity contribution in [2.75, 3.05) is 30.4 Å². The molecule has 0 aromatic carbocycles. The van der Waals surface area contributed by atoms with E-state index >= 15 is 0 Å². The lowest BCUT2D eigenvalue weighted by Crippen LogP contribution is -2.38. The topological polar surface area (TPSA) is 53.1 Å². The van der Waals surface area contributed by atoms with Gasteiger partial charge in [-0.1, -0.05) is 0 Å². The van der Waals surface area contributed by atoms with Crippen LogP contribution in [0.2, 0.25) is 0 Å². The number of nitrogens with one attached hydrogen (secondary N) is 2. The van der Waals surface area contributed by atoms with Gasteiger partial charge in [0.2, 0.25) is 0 Å². The summed E-state index contributed by atoms with van der Waals surface area (Å²) in [5.41, 5.74) is 0. The zero-order chi connectivity index (χ0) is 15.4. The van der Waals surface area contributed by atoms with E-state index in [2.05, 4.69) is 44.6 Å². The van der Waals surface area contributed by atoms with E-state index in [1.165, 1.54) is 22.6 Å². The summed E-state index contributed by atoms with van der Waals surface area (Å²) in [6.45, 7) is 5.18. The molecule has 3 heterocycles. The number of thiophene rings is 1. The summed E-state index contributed by atoms with van der Waals surface area (Å²) >= 11 is 1.87. The summed E-state index contributed by atoms with van der Waals surface area (Å²) in [5, 5.41) is 6.68. The van der Waals surface area contributed by atoms with Crippen LogP contribution in [-0.2, 0) is 6.54 Å². The van der Waals surface area contributed by atoms with Gasteiger partial charge in [-0.3, -0.25) is 0 Å². The van der Waals surface area contributed by atoms with Gasteiger partial charge in [-0.15, -0.1) is 11.3 Å². The fourth-order valence-corrected chi connectivity index (χ4v) is 3.79. The first-order valence-corrected chi connectivity index (χ1v) is 8.60. The lowest BCUT2D eigenvalue weighted by molar-refractivity contribution is 0.573. The van der Waals surface area contributed by atoms with Crippen LogP contribution in [0.15, 0.2) is 24.5 Å². The van der Waals surface area contributed by atoms with Gasteiger partial charge >= 0.3 is 0 Å². The molecule has 5 nitrogen and oxygen atoms in total. The van der Waals surface area contributed by atoms with E-state index in [-0.39, 0.29) is 0 Å². The zero-order valence-electron chi connectivity index (χ0n) is 13.2. The fraction of sp³-hybridized carbons (Fsp3) is 0.500. The lowest BCUT2D eigenvalue weighted by Gasteiger charge is -2.26. The van der Waals surface area contributed by atoms with Crippen LogP contribution in [0.3, 0.4) is 0 Å². The molecular weight excluding hydrogens is 294 g/mol. The summed E-state index contributed by atoms with van der Waals surface area (Å²) in [7, 11) is 1.89. The van der Waals surface area contributed by atoms with Crippen molar-refractivity contribution in [3.8, 4) is 0 Å². The van der Waals surface area contributed by atoms with Gasteiger partial charge < -0.3 is 15.5 Å². The second-order valence-electron chi connectivity index (χ2n) is 5.64. The molecule has 1 unspecified atom stereocenters. The molecule has 2 N–H and O–H groups in total. The normalized spacial score (nSPS) is 17.9. The van der Waals surface area contributed by atoms with E-state index in [0.717, 1.165) is 31.3 Å². The highest BCUT2D eigenvalue weighted by Crippen LogP contribution is 2.24. The van der Waals surface area contributed by atoms with Crippen LogP contribution < -0.4 is 15.5 Å². The van der Waals surface area contributed by atoms with E-state index < -0.39 is 0 Å². The standard InChI is InChI=1S/C16H23N5S/c1-12-5-6-14(22-12)10-18-9-13-4-3-7-21(13)16-8-15(17-2)19-11-20-16/h5-6,8,11,13,18H,3-4,7,9-10H2,1-2H3,(H,17,19,20). The van der Waals surface area contributed by atoms with Gasteiger partial charge in [0.25, 0.3) is 0 Å². The van der Waals surface area contributed by atoms with Crippen LogP contribution in [0.4, 0.5) is 11.6 Å². The van der Waals surface area contributed by atoms with Gasteiger partial charge in [-0.05, 0) is 31.9 Å². The molecule has 6 heteroatoms. The minimum absolute atomic E-state index is 0.515. The van der Waals surface area contributed by atoms with Crippen LogP contribution >= 0.6 is 11.3 Å². The number of hydrogen-bond donors (Lipinski definition) is 2. The second-order valence-corrected chi connectivity index (χ2v) is 7.02. The summed E-state index contributed by atoms with van der Waals surface area (Å²) < 4.78 is 0. The predicted molar refractivity (Wildman–Crippen MR) is 92.7 cm³/mol. The molecule has 0 spiro atoms. The molecule has 0 aliphatic carbocycles. The lowest BCUT2D eigenvalue weighted by atomic mass is 10.2. The molecule has 1 fully saturated rings. The Morgan fingerprint density at radius 1 is 1.36 bits per heavy atom. The Bertz CT molecular complexity index is 612. The van der Waals surface area contributed by atoms with Crippen LogP contribution in [0, 0.1) is 6.92 Å². The van der Waals surface area contributed by atoms with E-state index in [9.17, 15) is 0 Å². The zero-order valence-corrected chi connectivity index (χ0v) is 14.0. The van der Waals surface area contributed by atoms with Crippen molar-refractivity contribution in [3.05, 3.63) is 34.3 Å². The largest absolute Gasteiger partial charge is 0.373 e. The van der Waals surface area contributed by atoms with Gasteiger partial charge in [0.15, 0.2) is 0 Å². The Kier molecular flexibility index (Phi) is 4.90. The minimum Gasteiger partial charge on any atom is -0.373 e. The molecule has 22 heavy (non-hydrogen) atoms. The Morgan fingerprint density at radius 3 is 3.05 bits per heavy atom. The van der Waals surface area contributed by atoms with E-state index in [0.29, 0.717) is 6.04 Å². The highest BCUT2D eigenvalue weighted by atomic mass is 32.1. The molecule has 1 aliphatic rings. The maximum Gasteiger partial charge on any atom is 0.134 e. The summed E-state index contributed by atoms with van der Waals surface area (Å²) in [5.74, 6) is 1.90. The van der Waals surface area contributed by atoms with E-state index in [4.69, 9.17) is 0 Å². The Balaban J connectivity index is 1.58. The molecule has 3 rings (SSSR count). The van der Waals surface area contributed by atoms with Crippen molar-refractivity contribution in [2.24, 2.45) is 0 Å². The van der Waals surface area contributed by atoms with Crippen molar-refractivity contribution >= 4 is 23.0 Å². The first kappa shape index (κ1) is 15.2. The third kappa shape index (κ3) is 3.56. The van der Waals surface area contributed by atoms with Crippen molar-refractivity contribution in [2.45, 2.75) is 32.4 Å². The first-order chi connectivity index (χ1) is 10.8. The molecule has 0 saturated carbocycles. The molecule has 0 bridgehead atoms. The van der Waals surface area contributed by atoms with Crippen molar-refractivity contribution in [1.29, 1.82) is 0 Å². The van der Waals surface area contributed by atoms with Crippen molar-refractivity contribution in [3.63, 3.8) is 0 Å². The molecule has 1 aliphatic heterocycles. The minimum atomic E-state index is 0.515. The summed E-state index contributed by atoms with van der Waals surface area (Å²) in [6, 6.07) is 6.94. The van der Waals surface area contributed by atoms with Gasteiger partial charge in [0.05, 0.1) is 0 Å². The van der Waals surface area contributed by atoms with E-state index in [1.54, 1.807) is 6.33 Å². The van der Waals surface area contributed by atoms with E-state index in [1.807, 2.05) is 24.5 Å². The SMILES string of the molecule is CNc1cc(N2CCCC2CNCc2ccc(C)s2)ncn1. The van der Waals surface area contributed by atoms with Crippen LogP contribution in [0.25, 0.3) is 0 Å². The quantitative estimate of drug-likeness (QED) is 0.858. The third-order valence-electron chi connectivity index (χ3n) is 4.06. The molecule has 1 atom stereocenters. The van der Waals surface area contributed by atoms with Crippen LogP contribution in [0.1, 0.15) is 22.6 Å². The number of aromatic nitrogens is 2. The third-order valence-corrected chi connectivity index (χ3v) is 5.06. The summed E-state index contributed by atoms with van der Waals surface area (Å²) in [6.07, 6.45) is 4.08. The Labute approximate surface area is 135 Å². The molecule has 0 amide bonds. The second kappa shape index (κ2) is 7.07. The predicted octanol–water partition coefficient (Wildman–Crippen LogP) is 2.65. The molecular formula is C16H23N5S. The summed E-state index contributed by atoms with van der Waals surface area (Å²) in [4.78, 5) is 13.8. The highest BCUT2D eigenvalue weighted by molar-refractivity contribution is 7.11. The monoisotopic (exact) mass is 317 g/mol. The van der Waals surface area contributed by atoms with Crippen molar-refractivity contribution < 1.29 is 0 Å². The molecule has 0 radical (unpaired) electrons. The van der Waals surface area contributed by atoms with Crippen LogP contribution in [0.5, 0.6) is 0 Å². The first-order valence-electron chi connectivity index (χ1n) is 7.79. The number of hydrogen-bond acceptors (Lipinski definition) is 6. The molecule has 118 valence electrons. The van der Waals surface area contributed by atoms with Gasteiger partial charge in [-0.25, -0.2) is 9.97 Å². The fourth-order valence-electron chi connectivity index (χ4n) is 2.93. The number of aryl methyl sites for hydroxylation is 1. The number of anilines is 2. The number of rotatable bonds is 6. The molecule has 1 saturated heterocycles. The number of nitrogens with zero attached hydrogens (tertiary/aromatic N) is 3. The van der Waals surface area contributed by atoms with Gasteiger partial charge in [0, 0.05) is 48.5 Å². The molecule has 2 aromatic heterocycles. The maximum absolute atomic E-state index is 4.44. The highest BCUT2D eigenvalue weighted by Gasteiger charge is 2.25. The molecule has 2 aromatic rings. The smallest absolute Gasteiger partial charge is 0.134 e. The average Bonchev–Trinajstić information content (AvgIpc) is 3.16. The Morgan fingerprint density at radius 2 is 2.27 bits per heavy atom. The average molecular weight is 317 g/mol. The Hall–Kier alpha value is -1.66. The van der Waals surface area contributed by atoms with Gasteiger partial charge in [-0.2, -0.15) is 0 Å². The maximum atomic E-state index is 4.44.